The van der Waals surface area contributed by atoms with Gasteiger partial charge < -0.3 is 15.0 Å². The first-order chi connectivity index (χ1) is 7.69. The van der Waals surface area contributed by atoms with Gasteiger partial charge in [-0.05, 0) is 29.0 Å². The van der Waals surface area contributed by atoms with Crippen LogP contribution >= 0.6 is 15.9 Å². The molecular formula is C11H18BrN3O. The lowest BCUT2D eigenvalue weighted by Gasteiger charge is -2.20. The van der Waals surface area contributed by atoms with E-state index in [-0.39, 0.29) is 0 Å². The third kappa shape index (κ3) is 3.73. The minimum atomic E-state index is 0.702. The van der Waals surface area contributed by atoms with Gasteiger partial charge in [-0.3, -0.25) is 0 Å². The maximum Gasteiger partial charge on any atom is 0.132 e. The molecule has 1 aromatic heterocycles. The lowest BCUT2D eigenvalue weighted by atomic mass is 10.2. The predicted molar refractivity (Wildman–Crippen MR) is 69.8 cm³/mol. The van der Waals surface area contributed by atoms with Crippen LogP contribution in [0.4, 0.5) is 5.82 Å². The number of nitrogens with zero attached hydrogens (tertiary/aromatic N) is 2. The lowest BCUT2D eigenvalue weighted by molar-refractivity contribution is 0.206. The molecule has 0 saturated heterocycles. The molecule has 0 aromatic carbocycles. The van der Waals surface area contributed by atoms with Gasteiger partial charge in [0.2, 0.25) is 0 Å². The summed E-state index contributed by atoms with van der Waals surface area (Å²) in [4.78, 5) is 6.53. The normalized spacial score (nSPS) is 10.5. The van der Waals surface area contributed by atoms with Gasteiger partial charge in [0, 0.05) is 43.5 Å². The molecule has 5 heteroatoms. The second-order valence-electron chi connectivity index (χ2n) is 3.58. The number of nitrogens with one attached hydrogen (secondary N) is 1. The number of methoxy groups -OCH3 is 1. The van der Waals surface area contributed by atoms with Gasteiger partial charge in [0.25, 0.3) is 0 Å². The maximum absolute atomic E-state index is 5.06. The highest BCUT2D eigenvalue weighted by Crippen LogP contribution is 2.20. The second kappa shape index (κ2) is 6.83. The summed E-state index contributed by atoms with van der Waals surface area (Å²) < 4.78 is 6.06. The van der Waals surface area contributed by atoms with E-state index >= 15 is 0 Å². The molecule has 0 unspecified atom stereocenters. The van der Waals surface area contributed by atoms with Crippen molar-refractivity contribution in [1.29, 1.82) is 0 Å². The summed E-state index contributed by atoms with van der Waals surface area (Å²) in [5.74, 6) is 0.995. The summed E-state index contributed by atoms with van der Waals surface area (Å²) in [6.07, 6.45) is 1.82. The smallest absolute Gasteiger partial charge is 0.132 e. The SMILES string of the molecule is CNCc1cc(Br)cnc1N(C)CCOC. The Kier molecular flexibility index (Phi) is 5.73. The Hall–Kier alpha value is -0.650. The fourth-order valence-corrected chi connectivity index (χ4v) is 1.85. The number of aromatic nitrogens is 1. The lowest BCUT2D eigenvalue weighted by Crippen LogP contribution is -2.25. The van der Waals surface area contributed by atoms with E-state index in [4.69, 9.17) is 4.74 Å². The van der Waals surface area contributed by atoms with Crippen LogP contribution in [-0.2, 0) is 11.3 Å². The summed E-state index contributed by atoms with van der Waals surface area (Å²) in [6.45, 7) is 2.34. The van der Waals surface area contributed by atoms with Crippen molar-refractivity contribution in [2.75, 3.05) is 39.3 Å². The van der Waals surface area contributed by atoms with Gasteiger partial charge in [-0.2, -0.15) is 0 Å². The molecule has 0 atom stereocenters. The molecule has 4 nitrogen and oxygen atoms in total. The Balaban J connectivity index is 2.84. The molecule has 1 heterocycles. The number of pyridine rings is 1. The highest BCUT2D eigenvalue weighted by molar-refractivity contribution is 9.10. The molecule has 1 N–H and O–H groups in total. The van der Waals surface area contributed by atoms with Crippen LogP contribution in [0, 0.1) is 0 Å². The van der Waals surface area contributed by atoms with Crippen LogP contribution in [0.1, 0.15) is 5.56 Å². The number of anilines is 1. The highest BCUT2D eigenvalue weighted by Gasteiger charge is 2.08. The number of likely N-dealkylation sites (N-methyl/N-ethyl adjacent to an activating group) is 1. The molecule has 1 aromatic rings. The predicted octanol–water partition coefficient (Wildman–Crippen LogP) is 1.65. The van der Waals surface area contributed by atoms with Crippen molar-refractivity contribution in [3.05, 3.63) is 22.3 Å². The number of hydrogen-bond donors (Lipinski definition) is 1. The molecule has 0 fully saturated rings. The number of hydrogen-bond acceptors (Lipinski definition) is 4. The van der Waals surface area contributed by atoms with Crippen molar-refractivity contribution in [2.45, 2.75) is 6.54 Å². The highest BCUT2D eigenvalue weighted by atomic mass is 79.9. The summed E-state index contributed by atoms with van der Waals surface area (Å²) in [7, 11) is 5.66. The summed E-state index contributed by atoms with van der Waals surface area (Å²) in [5, 5.41) is 3.14. The van der Waals surface area contributed by atoms with E-state index < -0.39 is 0 Å². The maximum atomic E-state index is 5.06. The van der Waals surface area contributed by atoms with E-state index in [9.17, 15) is 0 Å². The minimum absolute atomic E-state index is 0.702. The summed E-state index contributed by atoms with van der Waals surface area (Å²) in [6, 6.07) is 2.09. The molecule has 0 spiro atoms. The van der Waals surface area contributed by atoms with E-state index in [0.717, 1.165) is 23.4 Å². The topological polar surface area (TPSA) is 37.4 Å². The van der Waals surface area contributed by atoms with Gasteiger partial charge in [0.15, 0.2) is 0 Å². The van der Waals surface area contributed by atoms with Crippen molar-refractivity contribution in [3.63, 3.8) is 0 Å². The van der Waals surface area contributed by atoms with Crippen molar-refractivity contribution < 1.29 is 4.74 Å². The molecule has 0 aliphatic rings. The quantitative estimate of drug-likeness (QED) is 0.863. The molecule has 0 saturated carbocycles. The van der Waals surface area contributed by atoms with Crippen molar-refractivity contribution in [1.82, 2.24) is 10.3 Å². The van der Waals surface area contributed by atoms with Gasteiger partial charge in [-0.1, -0.05) is 0 Å². The first kappa shape index (κ1) is 13.4. The van der Waals surface area contributed by atoms with Crippen LogP contribution in [-0.4, -0.2) is 39.3 Å². The Bertz CT molecular complexity index is 333. The Labute approximate surface area is 105 Å². The van der Waals surface area contributed by atoms with Crippen LogP contribution in [0.3, 0.4) is 0 Å². The van der Waals surface area contributed by atoms with E-state index in [1.807, 2.05) is 20.3 Å². The average molecular weight is 288 g/mol. The molecule has 16 heavy (non-hydrogen) atoms. The molecule has 1 rings (SSSR count). The van der Waals surface area contributed by atoms with Gasteiger partial charge in [-0.15, -0.1) is 0 Å². The zero-order valence-electron chi connectivity index (χ0n) is 9.96. The standard InChI is InChI=1S/C11H18BrN3O/c1-13-7-9-6-10(12)8-14-11(9)15(2)4-5-16-3/h6,8,13H,4-5,7H2,1-3H3. The fraction of sp³-hybridized carbons (Fsp3) is 0.545. The first-order valence-corrected chi connectivity index (χ1v) is 5.97. The summed E-state index contributed by atoms with van der Waals surface area (Å²) in [5.41, 5.74) is 1.18. The Morgan fingerprint density at radius 2 is 2.31 bits per heavy atom. The molecule has 0 radical (unpaired) electrons. The van der Waals surface area contributed by atoms with Gasteiger partial charge in [0.05, 0.1) is 6.61 Å². The van der Waals surface area contributed by atoms with Gasteiger partial charge in [-0.25, -0.2) is 4.98 Å². The Morgan fingerprint density at radius 1 is 1.56 bits per heavy atom. The number of rotatable bonds is 6. The van der Waals surface area contributed by atoms with E-state index in [0.29, 0.717) is 6.61 Å². The number of halogens is 1. The minimum Gasteiger partial charge on any atom is -0.383 e. The van der Waals surface area contributed by atoms with E-state index in [1.54, 1.807) is 7.11 Å². The van der Waals surface area contributed by atoms with Crippen LogP contribution in [0.25, 0.3) is 0 Å². The molecule has 0 amide bonds. The van der Waals surface area contributed by atoms with Crippen LogP contribution in [0.2, 0.25) is 0 Å². The van der Waals surface area contributed by atoms with E-state index in [1.165, 1.54) is 5.56 Å². The second-order valence-corrected chi connectivity index (χ2v) is 4.50. The third-order valence-electron chi connectivity index (χ3n) is 2.27. The van der Waals surface area contributed by atoms with Crippen LogP contribution < -0.4 is 10.2 Å². The molecule has 0 aliphatic heterocycles. The molecular weight excluding hydrogens is 270 g/mol. The van der Waals surface area contributed by atoms with Crippen molar-refractivity contribution >= 4 is 21.7 Å². The number of ether oxygens (including phenoxy) is 1. The van der Waals surface area contributed by atoms with Crippen LogP contribution in [0.15, 0.2) is 16.7 Å². The zero-order chi connectivity index (χ0) is 12.0. The zero-order valence-corrected chi connectivity index (χ0v) is 11.5. The largest absolute Gasteiger partial charge is 0.383 e. The average Bonchev–Trinajstić information content (AvgIpc) is 2.26. The fourth-order valence-electron chi connectivity index (χ4n) is 1.47. The monoisotopic (exact) mass is 287 g/mol. The molecule has 90 valence electrons. The summed E-state index contributed by atoms with van der Waals surface area (Å²) >= 11 is 3.43. The Morgan fingerprint density at radius 3 is 2.94 bits per heavy atom. The first-order valence-electron chi connectivity index (χ1n) is 5.18. The van der Waals surface area contributed by atoms with Gasteiger partial charge in [0.1, 0.15) is 5.82 Å². The third-order valence-corrected chi connectivity index (χ3v) is 2.70. The van der Waals surface area contributed by atoms with Crippen molar-refractivity contribution in [3.8, 4) is 0 Å². The van der Waals surface area contributed by atoms with Crippen LogP contribution in [0.5, 0.6) is 0 Å². The van der Waals surface area contributed by atoms with Crippen molar-refractivity contribution in [2.24, 2.45) is 0 Å². The molecule has 0 aliphatic carbocycles. The molecule has 0 bridgehead atoms. The van der Waals surface area contributed by atoms with E-state index in [2.05, 4.69) is 37.2 Å². The van der Waals surface area contributed by atoms with Gasteiger partial charge >= 0.3 is 0 Å².